The van der Waals surface area contributed by atoms with E-state index in [-0.39, 0.29) is 33.3 Å². The Morgan fingerprint density at radius 1 is 1.26 bits per heavy atom. The van der Waals surface area contributed by atoms with E-state index in [1.165, 1.54) is 23.9 Å². The van der Waals surface area contributed by atoms with E-state index in [4.69, 9.17) is 22.1 Å². The Labute approximate surface area is 198 Å². The first-order valence-corrected chi connectivity index (χ1v) is 10.4. The summed E-state index contributed by atoms with van der Waals surface area (Å²) in [6.07, 6.45) is 1.30. The number of nitrogens with two attached hydrogens (primary N) is 1. The van der Waals surface area contributed by atoms with Crippen molar-refractivity contribution in [2.75, 3.05) is 18.2 Å². The maximum Gasteiger partial charge on any atom is 0.337 e. The van der Waals surface area contributed by atoms with E-state index < -0.39 is 17.6 Å². The molecule has 0 aliphatic rings. The molecular formula is C23H18ClN7O3. The summed E-state index contributed by atoms with van der Waals surface area (Å²) < 4.78 is 6.16. The molecule has 0 aliphatic heterocycles. The van der Waals surface area contributed by atoms with Gasteiger partial charge in [-0.3, -0.25) is 9.36 Å². The number of rotatable bonds is 5. The number of ether oxygens (including phenoxy) is 1. The second kappa shape index (κ2) is 9.17. The molecule has 10 nitrogen and oxygen atoms in total. The first kappa shape index (κ1) is 22.7. The fourth-order valence-electron chi connectivity index (χ4n) is 3.49. The molecule has 170 valence electrons. The quantitative estimate of drug-likeness (QED) is 0.414. The highest BCUT2D eigenvalue weighted by atomic mass is 35.5. The zero-order chi connectivity index (χ0) is 24.4. The Bertz CT molecular complexity index is 1530. The molecule has 1 unspecified atom stereocenters. The average Bonchev–Trinajstić information content (AvgIpc) is 2.83. The van der Waals surface area contributed by atoms with Crippen LogP contribution in [0.2, 0.25) is 5.02 Å². The van der Waals surface area contributed by atoms with Crippen LogP contribution in [0.5, 0.6) is 0 Å². The fourth-order valence-corrected chi connectivity index (χ4v) is 3.74. The minimum Gasteiger partial charge on any atom is -0.465 e. The normalized spacial score (nSPS) is 11.6. The molecule has 2 aromatic carbocycles. The molecule has 0 amide bonds. The van der Waals surface area contributed by atoms with Crippen molar-refractivity contribution in [3.05, 3.63) is 81.0 Å². The van der Waals surface area contributed by atoms with Crippen molar-refractivity contribution in [3.8, 4) is 11.8 Å². The molecule has 34 heavy (non-hydrogen) atoms. The molecular weight excluding hydrogens is 458 g/mol. The van der Waals surface area contributed by atoms with Gasteiger partial charge in [0.2, 0.25) is 5.95 Å². The Hall–Kier alpha value is -4.49. The van der Waals surface area contributed by atoms with E-state index in [0.717, 1.165) is 0 Å². The van der Waals surface area contributed by atoms with Crippen molar-refractivity contribution in [2.24, 2.45) is 0 Å². The van der Waals surface area contributed by atoms with Gasteiger partial charge in [0.1, 0.15) is 23.3 Å². The number of benzene rings is 2. The van der Waals surface area contributed by atoms with Gasteiger partial charge in [0.25, 0.3) is 5.56 Å². The highest BCUT2D eigenvalue weighted by Gasteiger charge is 2.21. The summed E-state index contributed by atoms with van der Waals surface area (Å²) in [5.74, 6) is -0.0831. The lowest BCUT2D eigenvalue weighted by atomic mass is 10.1. The van der Waals surface area contributed by atoms with Gasteiger partial charge in [-0.2, -0.15) is 10.2 Å². The lowest BCUT2D eigenvalue weighted by Crippen LogP contribution is -2.28. The van der Waals surface area contributed by atoms with Crippen molar-refractivity contribution in [2.45, 2.75) is 13.0 Å². The summed E-state index contributed by atoms with van der Waals surface area (Å²) >= 11 is 6.33. The third kappa shape index (κ3) is 4.12. The predicted octanol–water partition coefficient (Wildman–Crippen LogP) is 3.24. The van der Waals surface area contributed by atoms with Gasteiger partial charge in [-0.15, -0.1) is 0 Å². The van der Waals surface area contributed by atoms with Crippen molar-refractivity contribution in [1.29, 1.82) is 5.26 Å². The molecule has 1 atom stereocenters. The summed E-state index contributed by atoms with van der Waals surface area (Å²) in [7, 11) is 1.27. The van der Waals surface area contributed by atoms with Crippen molar-refractivity contribution in [3.63, 3.8) is 0 Å². The standard InChI is InChI=1S/C23H18ClN7O3/c1-12(28-19-14(10-25)11-27-23(26)30-19)20-29-17-8-4-7-16(24)18(17)21(32)31(20)15-6-3-5-13(9-15)22(33)34-2/h3-9,11-12H,1-2H3,(H3,26,27,28,30). The summed E-state index contributed by atoms with van der Waals surface area (Å²) in [5.41, 5.74) is 6.47. The minimum atomic E-state index is -0.626. The van der Waals surface area contributed by atoms with Crippen LogP contribution in [0.1, 0.15) is 34.7 Å². The molecule has 4 aromatic rings. The smallest absolute Gasteiger partial charge is 0.337 e. The van der Waals surface area contributed by atoms with Crippen LogP contribution in [0.4, 0.5) is 11.8 Å². The van der Waals surface area contributed by atoms with Gasteiger partial charge in [-0.05, 0) is 37.3 Å². The number of esters is 1. The number of aromatic nitrogens is 4. The number of hydrogen-bond donors (Lipinski definition) is 2. The Morgan fingerprint density at radius 2 is 2.03 bits per heavy atom. The van der Waals surface area contributed by atoms with E-state index in [9.17, 15) is 14.9 Å². The van der Waals surface area contributed by atoms with Gasteiger partial charge in [0, 0.05) is 0 Å². The van der Waals surface area contributed by atoms with Crippen LogP contribution in [0.25, 0.3) is 16.6 Å². The van der Waals surface area contributed by atoms with Crippen LogP contribution in [0.15, 0.2) is 53.5 Å². The van der Waals surface area contributed by atoms with Gasteiger partial charge in [-0.25, -0.2) is 14.8 Å². The second-order valence-corrected chi connectivity index (χ2v) is 7.66. The molecule has 2 aromatic heterocycles. The van der Waals surface area contributed by atoms with Crippen LogP contribution in [0.3, 0.4) is 0 Å². The number of nitrogen functional groups attached to an aromatic ring is 1. The minimum absolute atomic E-state index is 0.0184. The lowest BCUT2D eigenvalue weighted by molar-refractivity contribution is 0.0600. The molecule has 0 bridgehead atoms. The van der Waals surface area contributed by atoms with E-state index in [0.29, 0.717) is 17.0 Å². The molecule has 0 radical (unpaired) electrons. The second-order valence-electron chi connectivity index (χ2n) is 7.25. The van der Waals surface area contributed by atoms with Crippen molar-refractivity contribution in [1.82, 2.24) is 19.5 Å². The monoisotopic (exact) mass is 475 g/mol. The van der Waals surface area contributed by atoms with Gasteiger partial charge < -0.3 is 15.8 Å². The predicted molar refractivity (Wildman–Crippen MR) is 127 cm³/mol. The Morgan fingerprint density at radius 3 is 2.76 bits per heavy atom. The highest BCUT2D eigenvalue weighted by Crippen LogP contribution is 2.25. The number of hydrogen-bond acceptors (Lipinski definition) is 9. The third-order valence-corrected chi connectivity index (χ3v) is 5.38. The molecule has 0 aliphatic carbocycles. The van der Waals surface area contributed by atoms with Crippen molar-refractivity contribution >= 4 is 40.2 Å². The van der Waals surface area contributed by atoms with E-state index in [1.54, 1.807) is 43.3 Å². The lowest BCUT2D eigenvalue weighted by Gasteiger charge is -2.21. The third-order valence-electron chi connectivity index (χ3n) is 5.07. The molecule has 0 fully saturated rings. The number of halogens is 1. The summed E-state index contributed by atoms with van der Waals surface area (Å²) in [4.78, 5) is 38.4. The topological polar surface area (TPSA) is 149 Å². The SMILES string of the molecule is COC(=O)c1cccc(-n2c(C(C)Nc3nc(N)ncc3C#N)nc3cccc(Cl)c3c2=O)c1. The van der Waals surface area contributed by atoms with Gasteiger partial charge in [-0.1, -0.05) is 23.7 Å². The number of carbonyl (C=O) groups excluding carboxylic acids is 1. The number of nitrogens with one attached hydrogen (secondary N) is 1. The molecule has 0 saturated heterocycles. The maximum atomic E-state index is 13.7. The molecule has 2 heterocycles. The van der Waals surface area contributed by atoms with E-state index >= 15 is 0 Å². The van der Waals surface area contributed by atoms with Crippen LogP contribution >= 0.6 is 11.6 Å². The fraction of sp³-hybridized carbons (Fsp3) is 0.130. The van der Waals surface area contributed by atoms with Crippen LogP contribution in [-0.2, 0) is 4.74 Å². The van der Waals surface area contributed by atoms with Gasteiger partial charge in [0.15, 0.2) is 0 Å². The number of carbonyl (C=O) groups is 1. The molecule has 0 saturated carbocycles. The number of methoxy groups -OCH3 is 1. The largest absolute Gasteiger partial charge is 0.465 e. The zero-order valence-electron chi connectivity index (χ0n) is 18.1. The molecule has 4 rings (SSSR count). The number of fused-ring (bicyclic) bond motifs is 1. The number of nitrogens with zero attached hydrogens (tertiary/aromatic N) is 5. The number of nitriles is 1. The first-order valence-electron chi connectivity index (χ1n) is 10.0. The molecule has 3 N–H and O–H groups in total. The van der Waals surface area contributed by atoms with Crippen LogP contribution < -0.4 is 16.6 Å². The van der Waals surface area contributed by atoms with Crippen LogP contribution in [-0.4, -0.2) is 32.6 Å². The maximum absolute atomic E-state index is 13.7. The number of anilines is 2. The zero-order valence-corrected chi connectivity index (χ0v) is 18.9. The molecule has 11 heteroatoms. The Balaban J connectivity index is 1.95. The average molecular weight is 476 g/mol. The highest BCUT2D eigenvalue weighted by molar-refractivity contribution is 6.35. The molecule has 0 spiro atoms. The Kier molecular flexibility index (Phi) is 6.12. The summed E-state index contributed by atoms with van der Waals surface area (Å²) in [6, 6.07) is 12.7. The van der Waals surface area contributed by atoms with Crippen molar-refractivity contribution < 1.29 is 9.53 Å². The van der Waals surface area contributed by atoms with E-state index in [2.05, 4.69) is 20.3 Å². The van der Waals surface area contributed by atoms with E-state index in [1.807, 2.05) is 6.07 Å². The van der Waals surface area contributed by atoms with Crippen LogP contribution in [0, 0.1) is 11.3 Å². The summed E-state index contributed by atoms with van der Waals surface area (Å²) in [6.45, 7) is 1.75. The summed E-state index contributed by atoms with van der Waals surface area (Å²) in [5, 5.41) is 13.0. The first-order chi connectivity index (χ1) is 16.3. The van der Waals surface area contributed by atoms with Gasteiger partial charge in [0.05, 0.1) is 46.5 Å². The van der Waals surface area contributed by atoms with Gasteiger partial charge >= 0.3 is 5.97 Å².